The Hall–Kier alpha value is -1.19. The van der Waals surface area contributed by atoms with Crippen LogP contribution in [0.2, 0.25) is 5.02 Å². The van der Waals surface area contributed by atoms with Crippen molar-refractivity contribution in [3.63, 3.8) is 0 Å². The number of hydrogen-bond donors (Lipinski definition) is 1. The van der Waals surface area contributed by atoms with Gasteiger partial charge in [0.1, 0.15) is 0 Å². The lowest BCUT2D eigenvalue weighted by molar-refractivity contribution is -0.117. The van der Waals surface area contributed by atoms with Crippen LogP contribution in [0.3, 0.4) is 0 Å². The molecule has 0 saturated heterocycles. The first-order chi connectivity index (χ1) is 11.8. The highest BCUT2D eigenvalue weighted by molar-refractivity contribution is 8.01. The van der Waals surface area contributed by atoms with Crippen molar-refractivity contribution in [2.75, 3.05) is 24.7 Å². The molecule has 1 heterocycles. The van der Waals surface area contributed by atoms with E-state index in [4.69, 9.17) is 23.8 Å². The number of carbonyl (C=O) groups is 1. The fourth-order valence-electron chi connectivity index (χ4n) is 1.90. The van der Waals surface area contributed by atoms with E-state index >= 15 is 0 Å². The van der Waals surface area contributed by atoms with Crippen LogP contribution < -0.4 is 5.32 Å². The molecular weight excluding hydrogens is 396 g/mol. The Labute approximate surface area is 165 Å². The average Bonchev–Trinajstić information content (AvgIpc) is 2.87. The largest absolute Gasteiger partial charge is 0.324 e. The Balaban J connectivity index is 1.90. The fraction of sp³-hybridized carbons (Fsp3) is 0.312. The van der Waals surface area contributed by atoms with Gasteiger partial charge in [-0.2, -0.15) is 5.10 Å². The number of anilines is 1. The zero-order valence-corrected chi connectivity index (χ0v) is 17.2. The van der Waals surface area contributed by atoms with Crippen LogP contribution in [0.4, 0.5) is 5.69 Å². The van der Waals surface area contributed by atoms with Crippen LogP contribution in [-0.4, -0.2) is 39.9 Å². The topological polar surface area (TPSA) is 50.2 Å². The van der Waals surface area contributed by atoms with E-state index < -0.39 is 0 Å². The molecule has 2 aromatic rings. The van der Waals surface area contributed by atoms with Gasteiger partial charge in [0.2, 0.25) is 5.91 Å². The Morgan fingerprint density at radius 3 is 2.92 bits per heavy atom. The lowest BCUT2D eigenvalue weighted by Gasteiger charge is -2.16. The molecular formula is C16H19ClN4OS3. The monoisotopic (exact) mass is 414 g/mol. The quantitative estimate of drug-likeness (QED) is 0.391. The Bertz CT molecular complexity index is 818. The smallest absolute Gasteiger partial charge is 0.238 e. The molecule has 2 rings (SSSR count). The maximum Gasteiger partial charge on any atom is 0.238 e. The molecule has 0 spiro atoms. The highest BCUT2D eigenvalue weighted by atomic mass is 35.5. The molecule has 0 aliphatic rings. The third-order valence-electron chi connectivity index (χ3n) is 2.97. The van der Waals surface area contributed by atoms with Crippen LogP contribution in [-0.2, 0) is 11.5 Å². The molecule has 25 heavy (non-hydrogen) atoms. The predicted molar refractivity (Wildman–Crippen MR) is 109 cm³/mol. The molecule has 0 aliphatic heterocycles. The number of hydrogen-bond acceptors (Lipinski definition) is 6. The van der Waals surface area contributed by atoms with Gasteiger partial charge in [-0.15, -0.1) is 0 Å². The number of nitrogens with one attached hydrogen (secondary N) is 1. The minimum atomic E-state index is -0.144. The summed E-state index contributed by atoms with van der Waals surface area (Å²) in [6, 6.07) is 7.14. The van der Waals surface area contributed by atoms with E-state index in [0.717, 1.165) is 15.7 Å². The summed E-state index contributed by atoms with van der Waals surface area (Å²) in [5.74, 6) is 0.674. The number of rotatable bonds is 8. The number of aromatic nitrogens is 2. The van der Waals surface area contributed by atoms with Crippen molar-refractivity contribution in [2.45, 2.75) is 17.9 Å². The van der Waals surface area contributed by atoms with E-state index in [1.807, 2.05) is 31.0 Å². The summed E-state index contributed by atoms with van der Waals surface area (Å²) in [6.07, 6.45) is 0. The number of halogens is 1. The molecule has 1 aromatic heterocycles. The SMILES string of the molecule is C=C(C)CSc1nn(CN(C)CC(=O)Nc2ccccc2Cl)c(=S)s1. The summed E-state index contributed by atoms with van der Waals surface area (Å²) in [4.78, 5) is 14.0. The number of thioether (sulfide) groups is 1. The summed E-state index contributed by atoms with van der Waals surface area (Å²) >= 11 is 14.5. The third-order valence-corrected chi connectivity index (χ3v) is 5.97. The van der Waals surface area contributed by atoms with Gasteiger partial charge in [0, 0.05) is 5.75 Å². The van der Waals surface area contributed by atoms with Gasteiger partial charge in [-0.25, -0.2) is 4.68 Å². The van der Waals surface area contributed by atoms with Crippen LogP contribution in [0, 0.1) is 3.95 Å². The van der Waals surface area contributed by atoms with Crippen LogP contribution in [0.25, 0.3) is 0 Å². The van der Waals surface area contributed by atoms with Crippen molar-refractivity contribution in [2.24, 2.45) is 0 Å². The lowest BCUT2D eigenvalue weighted by Crippen LogP contribution is -2.32. The van der Waals surface area contributed by atoms with Crippen molar-refractivity contribution < 1.29 is 4.79 Å². The summed E-state index contributed by atoms with van der Waals surface area (Å²) in [5, 5.41) is 7.80. The van der Waals surface area contributed by atoms with E-state index in [0.29, 0.717) is 21.3 Å². The molecule has 1 amide bonds. The van der Waals surface area contributed by atoms with Crippen LogP contribution in [0.5, 0.6) is 0 Å². The van der Waals surface area contributed by atoms with E-state index in [-0.39, 0.29) is 12.5 Å². The van der Waals surface area contributed by atoms with Crippen molar-refractivity contribution in [3.8, 4) is 0 Å². The van der Waals surface area contributed by atoms with Crippen molar-refractivity contribution in [3.05, 3.63) is 45.4 Å². The van der Waals surface area contributed by atoms with Gasteiger partial charge in [0.15, 0.2) is 8.29 Å². The van der Waals surface area contributed by atoms with Crippen LogP contribution >= 0.6 is 46.9 Å². The van der Waals surface area contributed by atoms with Crippen LogP contribution in [0.1, 0.15) is 6.92 Å². The highest BCUT2D eigenvalue weighted by Gasteiger charge is 2.11. The first-order valence-corrected chi connectivity index (χ1v) is 10.0. The summed E-state index contributed by atoms with van der Waals surface area (Å²) in [6.45, 7) is 6.51. The second-order valence-corrected chi connectivity index (χ2v) is 8.82. The lowest BCUT2D eigenvalue weighted by atomic mass is 10.3. The van der Waals surface area contributed by atoms with E-state index in [1.54, 1.807) is 28.6 Å². The maximum absolute atomic E-state index is 12.2. The zero-order valence-electron chi connectivity index (χ0n) is 14.0. The molecule has 0 fully saturated rings. The Morgan fingerprint density at radius 1 is 1.52 bits per heavy atom. The molecule has 0 atom stereocenters. The van der Waals surface area contributed by atoms with Crippen molar-refractivity contribution in [1.82, 2.24) is 14.7 Å². The molecule has 0 aliphatic carbocycles. The molecule has 134 valence electrons. The molecule has 0 unspecified atom stereocenters. The Morgan fingerprint density at radius 2 is 2.24 bits per heavy atom. The van der Waals surface area contributed by atoms with Crippen LogP contribution in [0.15, 0.2) is 40.8 Å². The normalized spacial score (nSPS) is 10.9. The second-order valence-electron chi connectivity index (χ2n) is 5.56. The van der Waals surface area contributed by atoms with Gasteiger partial charge in [-0.3, -0.25) is 9.69 Å². The van der Waals surface area contributed by atoms with Gasteiger partial charge < -0.3 is 5.32 Å². The van der Waals surface area contributed by atoms with Crippen molar-refractivity contribution in [1.29, 1.82) is 0 Å². The minimum absolute atomic E-state index is 0.144. The Kier molecular flexibility index (Phi) is 7.64. The number of nitrogens with zero attached hydrogens (tertiary/aromatic N) is 3. The third kappa shape index (κ3) is 6.56. The first kappa shape index (κ1) is 20.1. The summed E-state index contributed by atoms with van der Waals surface area (Å²) < 4.78 is 3.31. The summed E-state index contributed by atoms with van der Waals surface area (Å²) in [7, 11) is 1.84. The summed E-state index contributed by atoms with van der Waals surface area (Å²) in [5.41, 5.74) is 1.69. The van der Waals surface area contributed by atoms with E-state index in [9.17, 15) is 4.79 Å². The average molecular weight is 415 g/mol. The number of para-hydroxylation sites is 1. The maximum atomic E-state index is 12.2. The fourth-order valence-corrected chi connectivity index (χ4v) is 4.24. The highest BCUT2D eigenvalue weighted by Crippen LogP contribution is 2.23. The zero-order chi connectivity index (χ0) is 18.4. The minimum Gasteiger partial charge on any atom is -0.324 e. The molecule has 9 heteroatoms. The number of amides is 1. The van der Waals surface area contributed by atoms with Gasteiger partial charge in [-0.1, -0.05) is 59.0 Å². The van der Waals surface area contributed by atoms with Crippen molar-refractivity contribution >= 4 is 58.5 Å². The van der Waals surface area contributed by atoms with E-state index in [2.05, 4.69) is 17.0 Å². The molecule has 1 N–H and O–H groups in total. The van der Waals surface area contributed by atoms with Gasteiger partial charge >= 0.3 is 0 Å². The van der Waals surface area contributed by atoms with Gasteiger partial charge in [0.25, 0.3) is 0 Å². The standard InChI is InChI=1S/C16H19ClN4OS3/c1-11(2)9-24-15-19-21(16(23)25-15)10-20(3)8-14(22)18-13-7-5-4-6-12(13)17/h4-7H,1,8-10H2,2-3H3,(H,18,22). The molecule has 0 saturated carbocycles. The molecule has 1 aromatic carbocycles. The molecule has 0 radical (unpaired) electrons. The first-order valence-electron chi connectivity index (χ1n) is 7.43. The van der Waals surface area contributed by atoms with Gasteiger partial charge in [-0.05, 0) is 38.3 Å². The molecule has 0 bridgehead atoms. The number of carbonyl (C=O) groups excluding carboxylic acids is 1. The predicted octanol–water partition coefficient (Wildman–Crippen LogP) is 4.52. The van der Waals surface area contributed by atoms with Gasteiger partial charge in [0.05, 0.1) is 23.9 Å². The number of benzene rings is 1. The number of likely N-dealkylation sites (N-methyl/N-ethyl adjacent to an activating group) is 1. The second kappa shape index (κ2) is 9.49. The van der Waals surface area contributed by atoms with E-state index in [1.165, 1.54) is 11.3 Å². The molecule has 5 nitrogen and oxygen atoms in total.